The third kappa shape index (κ3) is 6.49. The molecule has 0 fully saturated rings. The molecule has 144 valence electrons. The zero-order valence-electron chi connectivity index (χ0n) is 14.4. The Morgan fingerprint density at radius 3 is 2.15 bits per heavy atom. The van der Waals surface area contributed by atoms with E-state index in [2.05, 4.69) is 4.74 Å². The summed E-state index contributed by atoms with van der Waals surface area (Å²) < 4.78 is 15.3. The largest absolute Gasteiger partial charge is 0.493 e. The first-order chi connectivity index (χ1) is 12.8. The lowest BCUT2D eigenvalue weighted by Gasteiger charge is -2.12. The van der Waals surface area contributed by atoms with Gasteiger partial charge in [0.1, 0.15) is 12.2 Å². The van der Waals surface area contributed by atoms with Crippen molar-refractivity contribution in [3.63, 3.8) is 0 Å². The van der Waals surface area contributed by atoms with Gasteiger partial charge in [0, 0.05) is 6.07 Å². The molecule has 0 saturated carbocycles. The summed E-state index contributed by atoms with van der Waals surface area (Å²) in [6, 6.07) is 11.7. The fourth-order valence-corrected chi connectivity index (χ4v) is 1.98. The Labute approximate surface area is 153 Å². The summed E-state index contributed by atoms with van der Waals surface area (Å²) in [6.45, 7) is 0.214. The molecule has 0 radical (unpaired) electrons. The van der Waals surface area contributed by atoms with Crippen molar-refractivity contribution in [3.8, 4) is 11.5 Å². The molecule has 0 aliphatic rings. The monoisotopic (exact) mass is 380 g/mol. The molecule has 0 amide bonds. The normalized spacial score (nSPS) is 9.41. The van der Waals surface area contributed by atoms with Crippen LogP contribution in [0, 0.1) is 20.2 Å². The molecule has 2 aromatic carbocycles. The molecule has 0 atom stereocenters. The molecule has 0 aromatic heterocycles. The fourth-order valence-electron chi connectivity index (χ4n) is 1.98. The number of benzene rings is 2. The van der Waals surface area contributed by atoms with E-state index in [1.54, 1.807) is 0 Å². The molecule has 2 rings (SSSR count). The van der Waals surface area contributed by atoms with Gasteiger partial charge in [-0.25, -0.2) is 4.79 Å². The summed E-state index contributed by atoms with van der Waals surface area (Å²) in [5.74, 6) is -0.424. The van der Waals surface area contributed by atoms with Crippen LogP contribution in [-0.2, 0) is 11.3 Å². The van der Waals surface area contributed by atoms with E-state index in [0.29, 0.717) is 0 Å². The number of nitro groups is 1. The number of ether oxygens (including phenoxy) is 3. The van der Waals surface area contributed by atoms with Crippen LogP contribution in [0.5, 0.6) is 11.5 Å². The number of nitro benzene ring substituents is 1. The highest BCUT2D eigenvalue weighted by molar-refractivity contribution is 5.94. The van der Waals surface area contributed by atoms with Crippen LogP contribution in [0.25, 0.3) is 0 Å². The van der Waals surface area contributed by atoms with E-state index in [-0.39, 0.29) is 23.7 Å². The topological polar surface area (TPSA) is 151 Å². The first-order valence-electron chi connectivity index (χ1n) is 7.24. The predicted octanol–water partition coefficient (Wildman–Crippen LogP) is 2.62. The van der Waals surface area contributed by atoms with Crippen molar-refractivity contribution in [1.82, 2.24) is 0 Å². The SMILES string of the molecule is COC(=O)c1cc(OC)c(OCc2ccccc2)cc1[N+](=O)[O-].O=[N+]([O-])O. The lowest BCUT2D eigenvalue weighted by atomic mass is 10.1. The molecule has 2 aromatic rings. The number of carbonyl (C=O) groups excluding carboxylic acids is 1. The Hall–Kier alpha value is -3.89. The molecule has 1 N–H and O–H groups in total. The Morgan fingerprint density at radius 2 is 1.67 bits per heavy atom. The second-order valence-corrected chi connectivity index (χ2v) is 4.78. The average Bonchev–Trinajstić information content (AvgIpc) is 2.65. The second kappa shape index (κ2) is 10.2. The first kappa shape index (κ1) is 21.2. The summed E-state index contributed by atoms with van der Waals surface area (Å²) >= 11 is 0. The van der Waals surface area contributed by atoms with E-state index >= 15 is 0 Å². The maximum atomic E-state index is 11.7. The highest BCUT2D eigenvalue weighted by atomic mass is 16.9. The van der Waals surface area contributed by atoms with Crippen LogP contribution in [-0.4, -0.2) is 35.4 Å². The molecule has 0 aliphatic heterocycles. The molecule has 27 heavy (non-hydrogen) atoms. The minimum atomic E-state index is -1.50. The molecule has 11 nitrogen and oxygen atoms in total. The Morgan fingerprint density at radius 1 is 1.07 bits per heavy atom. The lowest BCUT2D eigenvalue weighted by molar-refractivity contribution is -0.742. The molecule has 0 aliphatic carbocycles. The van der Waals surface area contributed by atoms with E-state index in [9.17, 15) is 14.9 Å². The zero-order valence-corrected chi connectivity index (χ0v) is 14.4. The van der Waals surface area contributed by atoms with Crippen molar-refractivity contribution in [3.05, 3.63) is 73.8 Å². The average molecular weight is 380 g/mol. The second-order valence-electron chi connectivity index (χ2n) is 4.78. The van der Waals surface area contributed by atoms with E-state index in [4.69, 9.17) is 24.8 Å². The Bertz CT molecular complexity index is 805. The standard InChI is InChI=1S/C16H15NO6.HNO3/c1-21-14-8-12(16(18)22-2)13(17(19)20)9-15(14)23-10-11-6-4-3-5-7-11;2-1(3)4/h3-9H,10H2,1-2H3;(H,2,3,4). The summed E-state index contributed by atoms with van der Waals surface area (Å²) in [6.07, 6.45) is 0. The summed E-state index contributed by atoms with van der Waals surface area (Å²) in [5, 5.41) is 24.8. The quantitative estimate of drug-likeness (QED) is 0.453. The maximum absolute atomic E-state index is 11.7. The van der Waals surface area contributed by atoms with Gasteiger partial charge in [0.05, 0.1) is 25.2 Å². The van der Waals surface area contributed by atoms with Gasteiger partial charge < -0.3 is 19.4 Å². The van der Waals surface area contributed by atoms with Crippen LogP contribution in [0.1, 0.15) is 15.9 Å². The third-order valence-corrected chi connectivity index (χ3v) is 3.12. The molecule has 0 unspecified atom stereocenters. The maximum Gasteiger partial charge on any atom is 0.345 e. The molecular formula is C16H16N2O9. The number of hydrogen-bond donors (Lipinski definition) is 1. The third-order valence-electron chi connectivity index (χ3n) is 3.12. The summed E-state index contributed by atoms with van der Waals surface area (Å²) in [7, 11) is 2.54. The molecule has 0 saturated heterocycles. The van der Waals surface area contributed by atoms with Crippen LogP contribution >= 0.6 is 0 Å². The fraction of sp³-hybridized carbons (Fsp3) is 0.188. The lowest BCUT2D eigenvalue weighted by Crippen LogP contribution is -2.07. The predicted molar refractivity (Wildman–Crippen MR) is 90.5 cm³/mol. The molecule has 0 spiro atoms. The van der Waals surface area contributed by atoms with E-state index < -0.39 is 21.7 Å². The molecule has 0 heterocycles. The number of nitrogens with zero attached hydrogens (tertiary/aromatic N) is 2. The minimum absolute atomic E-state index is 0.177. The minimum Gasteiger partial charge on any atom is -0.493 e. The van der Waals surface area contributed by atoms with E-state index in [1.165, 1.54) is 13.2 Å². The van der Waals surface area contributed by atoms with E-state index in [1.807, 2.05) is 30.3 Å². The van der Waals surface area contributed by atoms with Crippen LogP contribution in [0.3, 0.4) is 0 Å². The number of methoxy groups -OCH3 is 2. The van der Waals surface area contributed by atoms with Crippen molar-refractivity contribution >= 4 is 11.7 Å². The first-order valence-corrected chi connectivity index (χ1v) is 7.24. The molecule has 11 heteroatoms. The van der Waals surface area contributed by atoms with Gasteiger partial charge in [0.15, 0.2) is 11.5 Å². The zero-order chi connectivity index (χ0) is 20.4. The smallest absolute Gasteiger partial charge is 0.345 e. The number of hydrogen-bond acceptors (Lipinski definition) is 8. The van der Waals surface area contributed by atoms with Gasteiger partial charge in [0.2, 0.25) is 0 Å². The number of esters is 1. The number of rotatable bonds is 6. The van der Waals surface area contributed by atoms with Crippen LogP contribution < -0.4 is 9.47 Å². The van der Waals surface area contributed by atoms with Gasteiger partial charge in [-0.05, 0) is 5.56 Å². The number of carbonyl (C=O) groups is 1. The highest BCUT2D eigenvalue weighted by Gasteiger charge is 2.25. The molecule has 0 bridgehead atoms. The van der Waals surface area contributed by atoms with Crippen LogP contribution in [0.15, 0.2) is 42.5 Å². The van der Waals surface area contributed by atoms with Crippen molar-refractivity contribution in [1.29, 1.82) is 0 Å². The van der Waals surface area contributed by atoms with Gasteiger partial charge in [-0.1, -0.05) is 30.3 Å². The molecular weight excluding hydrogens is 364 g/mol. The van der Waals surface area contributed by atoms with Gasteiger partial charge >= 0.3 is 5.97 Å². The van der Waals surface area contributed by atoms with Crippen molar-refractivity contribution in [2.24, 2.45) is 0 Å². The van der Waals surface area contributed by atoms with Crippen molar-refractivity contribution < 1.29 is 34.2 Å². The van der Waals surface area contributed by atoms with Crippen molar-refractivity contribution in [2.75, 3.05) is 14.2 Å². The van der Waals surface area contributed by atoms with Crippen molar-refractivity contribution in [2.45, 2.75) is 6.61 Å². The van der Waals surface area contributed by atoms with Crippen LogP contribution in [0.2, 0.25) is 0 Å². The highest BCUT2D eigenvalue weighted by Crippen LogP contribution is 2.35. The summed E-state index contributed by atoms with van der Waals surface area (Å²) in [4.78, 5) is 30.5. The van der Waals surface area contributed by atoms with Crippen LogP contribution in [0.4, 0.5) is 5.69 Å². The van der Waals surface area contributed by atoms with Gasteiger partial charge in [-0.15, -0.1) is 10.1 Å². The Kier molecular flexibility index (Phi) is 7.98. The summed E-state index contributed by atoms with van der Waals surface area (Å²) in [5.41, 5.74) is 0.302. The van der Waals surface area contributed by atoms with Gasteiger partial charge in [-0.2, -0.15) is 0 Å². The van der Waals surface area contributed by atoms with E-state index in [0.717, 1.165) is 18.7 Å². The van der Waals surface area contributed by atoms with Gasteiger partial charge in [0.25, 0.3) is 10.8 Å². The Balaban J connectivity index is 0.000000828. The van der Waals surface area contributed by atoms with Gasteiger partial charge in [-0.3, -0.25) is 10.1 Å².